The van der Waals surface area contributed by atoms with Gasteiger partial charge in [0.1, 0.15) is 11.5 Å². The molecule has 0 radical (unpaired) electrons. The molecule has 0 aliphatic heterocycles. The third-order valence-electron chi connectivity index (χ3n) is 2.59. The van der Waals surface area contributed by atoms with Gasteiger partial charge in [-0.2, -0.15) is 0 Å². The highest BCUT2D eigenvalue weighted by Gasteiger charge is 2.14. The van der Waals surface area contributed by atoms with Gasteiger partial charge in [-0.1, -0.05) is 0 Å². The fourth-order valence-electron chi connectivity index (χ4n) is 1.53. The number of aryl methyl sites for hydroxylation is 1. The van der Waals surface area contributed by atoms with Crippen molar-refractivity contribution in [2.75, 3.05) is 7.05 Å². The largest absolute Gasteiger partial charge is 0.337 e. The standard InChI is InChI=1S/C12H13BrN4O/c1-16-6-5-14-11(16)8-17(2)12(18)10-4-3-9(13)7-15-10/h3-7H,8H2,1-2H3. The van der Waals surface area contributed by atoms with Crippen LogP contribution in [0.15, 0.2) is 35.2 Å². The van der Waals surface area contributed by atoms with Crippen LogP contribution in [-0.2, 0) is 13.6 Å². The number of hydrogen-bond donors (Lipinski definition) is 0. The topological polar surface area (TPSA) is 51.0 Å². The van der Waals surface area contributed by atoms with Crippen LogP contribution in [0.5, 0.6) is 0 Å². The Morgan fingerprint density at radius 1 is 1.44 bits per heavy atom. The van der Waals surface area contributed by atoms with Gasteiger partial charge < -0.3 is 9.47 Å². The number of nitrogens with zero attached hydrogens (tertiary/aromatic N) is 4. The number of amides is 1. The van der Waals surface area contributed by atoms with Crippen LogP contribution in [-0.4, -0.2) is 32.4 Å². The van der Waals surface area contributed by atoms with Crippen molar-refractivity contribution in [2.24, 2.45) is 7.05 Å². The quantitative estimate of drug-likeness (QED) is 0.869. The maximum Gasteiger partial charge on any atom is 0.272 e. The van der Waals surface area contributed by atoms with Crippen molar-refractivity contribution in [2.45, 2.75) is 6.54 Å². The Kier molecular flexibility index (Phi) is 3.76. The lowest BCUT2D eigenvalue weighted by Gasteiger charge is -2.16. The predicted octanol–water partition coefficient (Wildman–Crippen LogP) is 1.85. The Hall–Kier alpha value is -1.69. The smallest absolute Gasteiger partial charge is 0.272 e. The fourth-order valence-corrected chi connectivity index (χ4v) is 1.77. The Morgan fingerprint density at radius 2 is 2.22 bits per heavy atom. The van der Waals surface area contributed by atoms with Gasteiger partial charge in [-0.15, -0.1) is 0 Å². The van der Waals surface area contributed by atoms with Gasteiger partial charge in [-0.25, -0.2) is 9.97 Å². The number of aromatic nitrogens is 3. The van der Waals surface area contributed by atoms with E-state index in [0.29, 0.717) is 12.2 Å². The van der Waals surface area contributed by atoms with Crippen molar-refractivity contribution in [1.82, 2.24) is 19.4 Å². The molecule has 2 aromatic rings. The summed E-state index contributed by atoms with van der Waals surface area (Å²) in [6.45, 7) is 0.458. The van der Waals surface area contributed by atoms with Gasteiger partial charge >= 0.3 is 0 Å². The summed E-state index contributed by atoms with van der Waals surface area (Å²) in [6, 6.07) is 3.50. The van der Waals surface area contributed by atoms with Gasteiger partial charge in [-0.05, 0) is 28.1 Å². The molecule has 18 heavy (non-hydrogen) atoms. The first-order chi connectivity index (χ1) is 8.58. The van der Waals surface area contributed by atoms with Crippen molar-refractivity contribution >= 4 is 21.8 Å². The highest BCUT2D eigenvalue weighted by Crippen LogP contribution is 2.10. The second-order valence-electron chi connectivity index (χ2n) is 3.98. The van der Waals surface area contributed by atoms with Crippen LogP contribution in [0.4, 0.5) is 0 Å². The van der Waals surface area contributed by atoms with E-state index in [1.54, 1.807) is 36.5 Å². The molecule has 94 valence electrons. The number of hydrogen-bond acceptors (Lipinski definition) is 3. The number of pyridine rings is 1. The number of rotatable bonds is 3. The summed E-state index contributed by atoms with van der Waals surface area (Å²) in [5.74, 6) is 0.716. The van der Waals surface area contributed by atoms with Gasteiger partial charge in [0.05, 0.1) is 6.54 Å². The lowest BCUT2D eigenvalue weighted by atomic mass is 10.3. The molecule has 0 aromatic carbocycles. The SMILES string of the molecule is CN(Cc1nccn1C)C(=O)c1ccc(Br)cn1. The second-order valence-corrected chi connectivity index (χ2v) is 4.89. The molecule has 0 saturated heterocycles. The van der Waals surface area contributed by atoms with Crippen LogP contribution in [0.1, 0.15) is 16.3 Å². The molecule has 1 amide bonds. The summed E-state index contributed by atoms with van der Waals surface area (Å²) in [5, 5.41) is 0. The van der Waals surface area contributed by atoms with Crippen molar-refractivity contribution < 1.29 is 4.79 Å². The Balaban J connectivity index is 2.09. The summed E-state index contributed by atoms with van der Waals surface area (Å²) in [7, 11) is 3.64. The fraction of sp³-hybridized carbons (Fsp3) is 0.250. The zero-order chi connectivity index (χ0) is 13.1. The van der Waals surface area contributed by atoms with Gasteiger partial charge in [0.2, 0.25) is 0 Å². The molecule has 0 N–H and O–H groups in total. The van der Waals surface area contributed by atoms with Crippen molar-refractivity contribution in [1.29, 1.82) is 0 Å². The number of carbonyl (C=O) groups excluding carboxylic acids is 1. The van der Waals surface area contributed by atoms with E-state index in [1.807, 2.05) is 17.8 Å². The zero-order valence-corrected chi connectivity index (χ0v) is 11.8. The zero-order valence-electron chi connectivity index (χ0n) is 10.2. The lowest BCUT2D eigenvalue weighted by molar-refractivity contribution is 0.0774. The normalized spacial score (nSPS) is 10.4. The van der Waals surface area contributed by atoms with Crippen LogP contribution < -0.4 is 0 Å². The first kappa shape index (κ1) is 12.8. The Morgan fingerprint density at radius 3 is 2.78 bits per heavy atom. The molecule has 0 aliphatic carbocycles. The van der Waals surface area contributed by atoms with E-state index in [4.69, 9.17) is 0 Å². The number of carbonyl (C=O) groups is 1. The highest BCUT2D eigenvalue weighted by molar-refractivity contribution is 9.10. The number of halogens is 1. The maximum atomic E-state index is 12.1. The molecule has 0 bridgehead atoms. The van der Waals surface area contributed by atoms with E-state index in [1.165, 1.54) is 0 Å². The molecule has 5 nitrogen and oxygen atoms in total. The van der Waals surface area contributed by atoms with Gasteiger partial charge in [0.25, 0.3) is 5.91 Å². The molecule has 0 spiro atoms. The van der Waals surface area contributed by atoms with E-state index < -0.39 is 0 Å². The third kappa shape index (κ3) is 2.76. The lowest BCUT2D eigenvalue weighted by Crippen LogP contribution is -2.28. The average molecular weight is 309 g/mol. The van der Waals surface area contributed by atoms with E-state index in [2.05, 4.69) is 25.9 Å². The molecular weight excluding hydrogens is 296 g/mol. The van der Waals surface area contributed by atoms with Gasteiger partial charge in [0.15, 0.2) is 0 Å². The van der Waals surface area contributed by atoms with E-state index in [0.717, 1.165) is 10.3 Å². The molecule has 0 saturated carbocycles. The molecule has 0 unspecified atom stereocenters. The van der Waals surface area contributed by atoms with Crippen LogP contribution in [0.2, 0.25) is 0 Å². The van der Waals surface area contributed by atoms with Crippen molar-refractivity contribution in [3.05, 3.63) is 46.7 Å². The number of imidazole rings is 1. The monoisotopic (exact) mass is 308 g/mol. The molecule has 2 aromatic heterocycles. The van der Waals surface area contributed by atoms with E-state index >= 15 is 0 Å². The maximum absolute atomic E-state index is 12.1. The Bertz CT molecular complexity index is 549. The molecule has 6 heteroatoms. The average Bonchev–Trinajstić information content (AvgIpc) is 2.75. The summed E-state index contributed by atoms with van der Waals surface area (Å²) in [6.07, 6.45) is 5.18. The van der Waals surface area contributed by atoms with E-state index in [-0.39, 0.29) is 5.91 Å². The molecule has 0 atom stereocenters. The van der Waals surface area contributed by atoms with Crippen molar-refractivity contribution in [3.63, 3.8) is 0 Å². The minimum atomic E-state index is -0.120. The highest BCUT2D eigenvalue weighted by atomic mass is 79.9. The van der Waals surface area contributed by atoms with Gasteiger partial charge in [0, 0.05) is 37.2 Å². The van der Waals surface area contributed by atoms with E-state index in [9.17, 15) is 4.79 Å². The Labute approximate surface area is 114 Å². The van der Waals surface area contributed by atoms with Crippen LogP contribution >= 0.6 is 15.9 Å². The second kappa shape index (κ2) is 5.30. The molecule has 2 heterocycles. The summed E-state index contributed by atoms with van der Waals surface area (Å²) < 4.78 is 2.74. The minimum absolute atomic E-state index is 0.120. The molecule has 2 rings (SSSR count). The molecule has 0 fully saturated rings. The minimum Gasteiger partial charge on any atom is -0.337 e. The molecule has 0 aliphatic rings. The van der Waals surface area contributed by atoms with Crippen LogP contribution in [0.25, 0.3) is 0 Å². The summed E-state index contributed by atoms with van der Waals surface area (Å²) in [5.41, 5.74) is 0.426. The van der Waals surface area contributed by atoms with Crippen LogP contribution in [0.3, 0.4) is 0 Å². The molecular formula is C12H13BrN4O. The van der Waals surface area contributed by atoms with Crippen LogP contribution in [0, 0.1) is 0 Å². The van der Waals surface area contributed by atoms with Crippen molar-refractivity contribution in [3.8, 4) is 0 Å². The predicted molar refractivity (Wildman–Crippen MR) is 70.9 cm³/mol. The summed E-state index contributed by atoms with van der Waals surface area (Å²) in [4.78, 5) is 22.0. The first-order valence-electron chi connectivity index (χ1n) is 5.41. The summed E-state index contributed by atoms with van der Waals surface area (Å²) >= 11 is 3.29. The first-order valence-corrected chi connectivity index (χ1v) is 6.20. The van der Waals surface area contributed by atoms with Gasteiger partial charge in [-0.3, -0.25) is 4.79 Å². The third-order valence-corrected chi connectivity index (χ3v) is 3.06.